The highest BCUT2D eigenvalue weighted by Gasteiger charge is 2.26. The Morgan fingerprint density at radius 1 is 1.55 bits per heavy atom. The van der Waals surface area contributed by atoms with Crippen LogP contribution in [0.25, 0.3) is 0 Å². The van der Waals surface area contributed by atoms with Crippen molar-refractivity contribution in [3.05, 3.63) is 39.6 Å². The molecule has 0 spiro atoms. The van der Waals surface area contributed by atoms with Crippen molar-refractivity contribution in [1.29, 1.82) is 0 Å². The Morgan fingerprint density at radius 3 is 3.05 bits per heavy atom. The van der Waals surface area contributed by atoms with Gasteiger partial charge in [0.1, 0.15) is 6.33 Å². The molecule has 1 fully saturated rings. The summed E-state index contributed by atoms with van der Waals surface area (Å²) in [6.45, 7) is 0.325. The van der Waals surface area contributed by atoms with Crippen molar-refractivity contribution in [2.75, 3.05) is 5.32 Å². The molecule has 104 valence electrons. The fourth-order valence-corrected chi connectivity index (χ4v) is 2.07. The molecule has 0 atom stereocenters. The molecule has 2 aromatic heterocycles. The third kappa shape index (κ3) is 2.55. The van der Waals surface area contributed by atoms with E-state index in [9.17, 15) is 10.1 Å². The lowest BCUT2D eigenvalue weighted by atomic mass is 10.4. The molecule has 2 heterocycles. The predicted octanol–water partition coefficient (Wildman–Crippen LogP) is 2.18. The second-order valence-electron chi connectivity index (χ2n) is 4.52. The van der Waals surface area contributed by atoms with Crippen LogP contribution < -0.4 is 5.32 Å². The molecule has 0 amide bonds. The fourth-order valence-electron chi connectivity index (χ4n) is 1.92. The van der Waals surface area contributed by atoms with Crippen molar-refractivity contribution in [3.63, 3.8) is 0 Å². The summed E-state index contributed by atoms with van der Waals surface area (Å²) in [7, 11) is 0. The zero-order valence-electron chi connectivity index (χ0n) is 10.4. The van der Waals surface area contributed by atoms with Gasteiger partial charge in [-0.05, 0) is 12.8 Å². The Hall–Kier alpha value is -2.22. The molecule has 9 heteroatoms. The van der Waals surface area contributed by atoms with Crippen molar-refractivity contribution < 1.29 is 4.92 Å². The van der Waals surface area contributed by atoms with Crippen molar-refractivity contribution >= 4 is 23.1 Å². The molecule has 0 aliphatic heterocycles. The quantitative estimate of drug-likeness (QED) is 0.670. The maximum Gasteiger partial charge on any atom is 0.312 e. The maximum absolute atomic E-state index is 11.0. The lowest BCUT2D eigenvalue weighted by Crippen LogP contribution is -2.09. The highest BCUT2D eigenvalue weighted by Crippen LogP contribution is 2.35. The standard InChI is InChI=1S/C11H11ClN6O2/c12-7-3-9(18(19)20)11(13-4-7)14-5-10-16-15-6-17(10)8-1-2-8/h3-4,6,8H,1-2,5H2,(H,13,14). The van der Waals surface area contributed by atoms with E-state index in [1.165, 1.54) is 12.3 Å². The first-order chi connectivity index (χ1) is 9.65. The van der Waals surface area contributed by atoms with E-state index in [0.717, 1.165) is 18.7 Å². The average Bonchev–Trinajstić information content (AvgIpc) is 3.16. The van der Waals surface area contributed by atoms with Crippen LogP contribution in [-0.4, -0.2) is 24.7 Å². The second-order valence-corrected chi connectivity index (χ2v) is 4.95. The molecule has 0 unspecified atom stereocenters. The molecule has 0 aromatic carbocycles. The first-order valence-corrected chi connectivity index (χ1v) is 6.45. The number of hydrogen-bond acceptors (Lipinski definition) is 6. The third-order valence-electron chi connectivity index (χ3n) is 3.03. The van der Waals surface area contributed by atoms with Crippen LogP contribution in [-0.2, 0) is 6.54 Å². The van der Waals surface area contributed by atoms with E-state index in [1.54, 1.807) is 6.33 Å². The van der Waals surface area contributed by atoms with Crippen LogP contribution in [0.5, 0.6) is 0 Å². The van der Waals surface area contributed by atoms with Gasteiger partial charge in [0.15, 0.2) is 5.82 Å². The highest BCUT2D eigenvalue weighted by atomic mass is 35.5. The van der Waals surface area contributed by atoms with E-state index in [2.05, 4.69) is 20.5 Å². The van der Waals surface area contributed by atoms with Gasteiger partial charge in [-0.15, -0.1) is 10.2 Å². The number of nitro groups is 1. The number of hydrogen-bond donors (Lipinski definition) is 1. The molecule has 0 saturated heterocycles. The van der Waals surface area contributed by atoms with Gasteiger partial charge >= 0.3 is 5.69 Å². The van der Waals surface area contributed by atoms with Gasteiger partial charge in [-0.1, -0.05) is 11.6 Å². The average molecular weight is 295 g/mol. The summed E-state index contributed by atoms with van der Waals surface area (Å²) in [4.78, 5) is 14.4. The smallest absolute Gasteiger partial charge is 0.312 e. The number of halogens is 1. The number of nitrogens with one attached hydrogen (secondary N) is 1. The molecule has 1 saturated carbocycles. The second kappa shape index (κ2) is 5.04. The van der Waals surface area contributed by atoms with Gasteiger partial charge in [-0.25, -0.2) is 4.98 Å². The number of nitrogens with zero attached hydrogens (tertiary/aromatic N) is 5. The summed E-state index contributed by atoms with van der Waals surface area (Å²) in [6.07, 6.45) is 5.27. The Bertz CT molecular complexity index is 654. The SMILES string of the molecule is O=[N+]([O-])c1cc(Cl)cnc1NCc1nncn1C1CC1. The van der Waals surface area contributed by atoms with Crippen LogP contribution in [0.2, 0.25) is 5.02 Å². The highest BCUT2D eigenvalue weighted by molar-refractivity contribution is 6.30. The van der Waals surface area contributed by atoms with Crippen LogP contribution >= 0.6 is 11.6 Å². The molecule has 2 aromatic rings. The molecule has 1 N–H and O–H groups in total. The number of anilines is 1. The van der Waals surface area contributed by atoms with Gasteiger partial charge in [0, 0.05) is 18.3 Å². The predicted molar refractivity (Wildman–Crippen MR) is 71.5 cm³/mol. The van der Waals surface area contributed by atoms with Crippen molar-refractivity contribution in [2.24, 2.45) is 0 Å². The van der Waals surface area contributed by atoms with Gasteiger partial charge < -0.3 is 9.88 Å². The monoisotopic (exact) mass is 294 g/mol. The maximum atomic E-state index is 11.0. The van der Waals surface area contributed by atoms with Gasteiger partial charge in [0.05, 0.1) is 16.5 Å². The summed E-state index contributed by atoms with van der Waals surface area (Å²) < 4.78 is 1.98. The zero-order chi connectivity index (χ0) is 14.1. The topological polar surface area (TPSA) is 98.8 Å². The molecule has 20 heavy (non-hydrogen) atoms. The van der Waals surface area contributed by atoms with Crippen LogP contribution in [0.15, 0.2) is 18.6 Å². The molecule has 3 rings (SSSR count). The van der Waals surface area contributed by atoms with Crippen molar-refractivity contribution in [3.8, 4) is 0 Å². The third-order valence-corrected chi connectivity index (χ3v) is 3.24. The minimum Gasteiger partial charge on any atom is -0.357 e. The normalized spacial score (nSPS) is 14.2. The molecule has 1 aliphatic carbocycles. The fraction of sp³-hybridized carbons (Fsp3) is 0.364. The lowest BCUT2D eigenvalue weighted by Gasteiger charge is -2.07. The van der Waals surface area contributed by atoms with E-state index >= 15 is 0 Å². The first-order valence-electron chi connectivity index (χ1n) is 6.07. The number of pyridine rings is 1. The summed E-state index contributed by atoms with van der Waals surface area (Å²) in [6, 6.07) is 1.72. The molecule has 8 nitrogen and oxygen atoms in total. The minimum absolute atomic E-state index is 0.157. The largest absolute Gasteiger partial charge is 0.357 e. The zero-order valence-corrected chi connectivity index (χ0v) is 11.1. The van der Waals surface area contributed by atoms with E-state index in [-0.39, 0.29) is 16.5 Å². The van der Waals surface area contributed by atoms with Gasteiger partial charge in [-0.3, -0.25) is 10.1 Å². The number of rotatable bonds is 5. The summed E-state index contributed by atoms with van der Waals surface area (Å²) >= 11 is 5.71. The Kier molecular flexibility index (Phi) is 3.23. The summed E-state index contributed by atoms with van der Waals surface area (Å²) in [5.74, 6) is 0.906. The molecular formula is C11H11ClN6O2. The van der Waals surface area contributed by atoms with Gasteiger partial charge in [0.2, 0.25) is 5.82 Å². The van der Waals surface area contributed by atoms with Gasteiger partial charge in [0.25, 0.3) is 0 Å². The Labute approximate surface area is 118 Å². The molecule has 1 aliphatic rings. The van der Waals surface area contributed by atoms with Crippen LogP contribution in [0.1, 0.15) is 24.7 Å². The first kappa shape index (κ1) is 12.8. The minimum atomic E-state index is -0.521. The van der Waals surface area contributed by atoms with Crippen LogP contribution in [0.3, 0.4) is 0 Å². The van der Waals surface area contributed by atoms with E-state index in [4.69, 9.17) is 11.6 Å². The van der Waals surface area contributed by atoms with Crippen LogP contribution in [0, 0.1) is 10.1 Å². The van der Waals surface area contributed by atoms with E-state index in [1.807, 2.05) is 4.57 Å². The van der Waals surface area contributed by atoms with E-state index in [0.29, 0.717) is 12.6 Å². The van der Waals surface area contributed by atoms with Crippen LogP contribution in [0.4, 0.5) is 11.5 Å². The molecular weight excluding hydrogens is 284 g/mol. The Balaban J connectivity index is 1.78. The number of aromatic nitrogens is 4. The summed E-state index contributed by atoms with van der Waals surface area (Å²) in [5, 5.41) is 22.0. The molecule has 0 radical (unpaired) electrons. The summed E-state index contributed by atoms with van der Waals surface area (Å²) in [5.41, 5.74) is -0.157. The molecule has 0 bridgehead atoms. The van der Waals surface area contributed by atoms with Crippen molar-refractivity contribution in [1.82, 2.24) is 19.7 Å². The van der Waals surface area contributed by atoms with E-state index < -0.39 is 4.92 Å². The lowest BCUT2D eigenvalue weighted by molar-refractivity contribution is -0.384. The van der Waals surface area contributed by atoms with Gasteiger partial charge in [-0.2, -0.15) is 0 Å². The van der Waals surface area contributed by atoms with Crippen molar-refractivity contribution in [2.45, 2.75) is 25.4 Å². The Morgan fingerprint density at radius 2 is 2.35 bits per heavy atom.